The molecule has 118 valence electrons. The lowest BCUT2D eigenvalue weighted by molar-refractivity contribution is -0.140. The van der Waals surface area contributed by atoms with Crippen molar-refractivity contribution in [2.45, 2.75) is 0 Å². The summed E-state index contributed by atoms with van der Waals surface area (Å²) in [5, 5.41) is 19.5. The van der Waals surface area contributed by atoms with Gasteiger partial charge in [-0.25, -0.2) is 9.59 Å². The molecular formula is C14H15NO7. The van der Waals surface area contributed by atoms with Crippen LogP contribution in [0.4, 0.5) is 5.69 Å². The van der Waals surface area contributed by atoms with Crippen molar-refractivity contribution in [3.05, 3.63) is 29.5 Å². The van der Waals surface area contributed by atoms with Gasteiger partial charge in [-0.05, 0) is 12.1 Å². The van der Waals surface area contributed by atoms with Gasteiger partial charge in [-0.3, -0.25) is 0 Å². The molecule has 1 aromatic rings. The minimum absolute atomic E-state index is 0.0386. The summed E-state index contributed by atoms with van der Waals surface area (Å²) in [5.41, 5.74) is -0.0497. The predicted octanol–water partition coefficient (Wildman–Crippen LogP) is 0.492. The smallest absolute Gasteiger partial charge is 0.355 e. The molecule has 0 unspecified atom stereocenters. The highest BCUT2D eigenvalue weighted by Gasteiger charge is 2.33. The standard InChI is InChI=1S/C14H15NO7/c1-20-13(18)9-6-22-7-15(12(9)14(19)21-2)10-5-8(16)3-4-11(10)17/h3-5,16-17H,6-7H2,1-2H3. The molecule has 1 heterocycles. The number of carbonyl (C=O) groups is 2. The SMILES string of the molecule is COC(=O)C1=C(C(=O)OC)N(c2cc(O)ccc2O)COC1. The number of carbonyl (C=O) groups excluding carboxylic acids is 2. The van der Waals surface area contributed by atoms with Gasteiger partial charge < -0.3 is 29.3 Å². The monoisotopic (exact) mass is 309 g/mol. The van der Waals surface area contributed by atoms with Crippen LogP contribution in [0.2, 0.25) is 0 Å². The van der Waals surface area contributed by atoms with Gasteiger partial charge in [-0.1, -0.05) is 0 Å². The molecule has 1 aliphatic heterocycles. The zero-order chi connectivity index (χ0) is 16.3. The quantitative estimate of drug-likeness (QED) is 0.614. The third-order valence-electron chi connectivity index (χ3n) is 3.08. The molecule has 0 fully saturated rings. The molecule has 0 saturated carbocycles. The Balaban J connectivity index is 2.60. The van der Waals surface area contributed by atoms with Gasteiger partial charge >= 0.3 is 11.9 Å². The number of benzene rings is 1. The maximum atomic E-state index is 12.0. The number of aromatic hydroxyl groups is 2. The Morgan fingerprint density at radius 3 is 2.50 bits per heavy atom. The lowest BCUT2D eigenvalue weighted by Crippen LogP contribution is -2.38. The van der Waals surface area contributed by atoms with Gasteiger partial charge in [-0.2, -0.15) is 0 Å². The van der Waals surface area contributed by atoms with Crippen LogP contribution in [0, 0.1) is 0 Å². The summed E-state index contributed by atoms with van der Waals surface area (Å²) < 4.78 is 14.6. The van der Waals surface area contributed by atoms with E-state index in [1.807, 2.05) is 0 Å². The fourth-order valence-corrected chi connectivity index (χ4v) is 2.06. The lowest BCUT2D eigenvalue weighted by Gasteiger charge is -2.31. The zero-order valence-corrected chi connectivity index (χ0v) is 12.0. The van der Waals surface area contributed by atoms with Crippen LogP contribution in [0.5, 0.6) is 11.5 Å². The Morgan fingerprint density at radius 1 is 1.18 bits per heavy atom. The summed E-state index contributed by atoms with van der Waals surface area (Å²) in [7, 11) is 2.34. The number of hydrogen-bond donors (Lipinski definition) is 2. The number of ether oxygens (including phenoxy) is 3. The van der Waals surface area contributed by atoms with Crippen LogP contribution in [0.15, 0.2) is 29.5 Å². The number of rotatable bonds is 3. The fraction of sp³-hybridized carbons (Fsp3) is 0.286. The number of hydrogen-bond acceptors (Lipinski definition) is 8. The Kier molecular flexibility index (Phi) is 4.52. The maximum absolute atomic E-state index is 12.0. The first-order chi connectivity index (χ1) is 10.5. The Hall–Kier alpha value is -2.74. The van der Waals surface area contributed by atoms with E-state index >= 15 is 0 Å². The maximum Gasteiger partial charge on any atom is 0.355 e. The van der Waals surface area contributed by atoms with Crippen LogP contribution in [-0.2, 0) is 23.8 Å². The molecule has 8 nitrogen and oxygen atoms in total. The third-order valence-corrected chi connectivity index (χ3v) is 3.08. The zero-order valence-electron chi connectivity index (χ0n) is 12.0. The molecule has 0 bridgehead atoms. The van der Waals surface area contributed by atoms with E-state index in [4.69, 9.17) is 9.47 Å². The molecule has 0 aromatic heterocycles. The second kappa shape index (κ2) is 6.35. The number of esters is 2. The Labute approximate surface area is 126 Å². The van der Waals surface area contributed by atoms with E-state index in [1.165, 1.54) is 37.3 Å². The average Bonchev–Trinajstić information content (AvgIpc) is 2.54. The number of phenols is 2. The van der Waals surface area contributed by atoms with Crippen LogP contribution in [0.1, 0.15) is 0 Å². The summed E-state index contributed by atoms with van der Waals surface area (Å²) >= 11 is 0. The average molecular weight is 309 g/mol. The van der Waals surface area contributed by atoms with Gasteiger partial charge in [0.25, 0.3) is 0 Å². The second-order valence-electron chi connectivity index (χ2n) is 4.39. The summed E-state index contributed by atoms with van der Waals surface area (Å²) in [6, 6.07) is 3.78. The van der Waals surface area contributed by atoms with Crippen LogP contribution < -0.4 is 4.90 Å². The largest absolute Gasteiger partial charge is 0.508 e. The molecule has 0 amide bonds. The van der Waals surface area contributed by atoms with Gasteiger partial charge in [0.15, 0.2) is 0 Å². The van der Waals surface area contributed by atoms with Gasteiger partial charge in [-0.15, -0.1) is 0 Å². The summed E-state index contributed by atoms with van der Waals surface area (Å²) in [4.78, 5) is 25.1. The van der Waals surface area contributed by atoms with E-state index in [2.05, 4.69) is 4.74 Å². The summed E-state index contributed by atoms with van der Waals surface area (Å²) in [5.74, 6) is -1.85. The molecule has 0 aliphatic carbocycles. The molecule has 22 heavy (non-hydrogen) atoms. The highest BCUT2D eigenvalue weighted by molar-refractivity contribution is 6.03. The van der Waals surface area contributed by atoms with Crippen molar-refractivity contribution in [3.8, 4) is 11.5 Å². The van der Waals surface area contributed by atoms with Crippen LogP contribution in [0.3, 0.4) is 0 Å². The van der Waals surface area contributed by atoms with E-state index < -0.39 is 11.9 Å². The Morgan fingerprint density at radius 2 is 1.86 bits per heavy atom. The minimum Gasteiger partial charge on any atom is -0.508 e. The first-order valence-corrected chi connectivity index (χ1v) is 6.26. The Bertz CT molecular complexity index is 638. The summed E-state index contributed by atoms with van der Waals surface area (Å²) in [6.45, 7) is -0.241. The minimum atomic E-state index is -0.786. The van der Waals surface area contributed by atoms with E-state index in [9.17, 15) is 19.8 Å². The molecular weight excluding hydrogens is 294 g/mol. The fourth-order valence-electron chi connectivity index (χ4n) is 2.06. The van der Waals surface area contributed by atoms with E-state index in [1.54, 1.807) is 0 Å². The van der Waals surface area contributed by atoms with E-state index in [0.717, 1.165) is 0 Å². The molecule has 1 aliphatic rings. The third kappa shape index (κ3) is 2.82. The predicted molar refractivity (Wildman–Crippen MR) is 74.1 cm³/mol. The molecule has 0 radical (unpaired) electrons. The van der Waals surface area contributed by atoms with Gasteiger partial charge in [0.2, 0.25) is 0 Å². The molecule has 0 atom stereocenters. The highest BCUT2D eigenvalue weighted by Crippen LogP contribution is 2.35. The molecule has 2 N–H and O–H groups in total. The number of nitrogens with zero attached hydrogens (tertiary/aromatic N) is 1. The molecule has 1 aromatic carbocycles. The van der Waals surface area contributed by atoms with Crippen LogP contribution >= 0.6 is 0 Å². The van der Waals surface area contributed by atoms with Crippen molar-refractivity contribution >= 4 is 17.6 Å². The number of phenolic OH excluding ortho intramolecular Hbond substituents is 2. The van der Waals surface area contributed by atoms with Crippen molar-refractivity contribution in [1.82, 2.24) is 0 Å². The van der Waals surface area contributed by atoms with Gasteiger partial charge in [0, 0.05) is 6.07 Å². The second-order valence-corrected chi connectivity index (χ2v) is 4.39. The topological polar surface area (TPSA) is 106 Å². The van der Waals surface area contributed by atoms with Gasteiger partial charge in [0.1, 0.15) is 23.9 Å². The molecule has 0 spiro atoms. The van der Waals surface area contributed by atoms with Crippen molar-refractivity contribution in [1.29, 1.82) is 0 Å². The van der Waals surface area contributed by atoms with Crippen LogP contribution in [-0.4, -0.2) is 49.7 Å². The van der Waals surface area contributed by atoms with Crippen molar-refractivity contribution < 1.29 is 34.0 Å². The van der Waals surface area contributed by atoms with Gasteiger partial charge in [0.05, 0.1) is 32.1 Å². The van der Waals surface area contributed by atoms with Crippen molar-refractivity contribution in [2.24, 2.45) is 0 Å². The molecule has 8 heteroatoms. The normalized spacial score (nSPS) is 14.7. The molecule has 2 rings (SSSR count). The molecule has 0 saturated heterocycles. The van der Waals surface area contributed by atoms with E-state index in [0.29, 0.717) is 0 Å². The first-order valence-electron chi connectivity index (χ1n) is 6.26. The van der Waals surface area contributed by atoms with E-state index in [-0.39, 0.29) is 41.8 Å². The first kappa shape index (κ1) is 15.6. The lowest BCUT2D eigenvalue weighted by atomic mass is 10.1. The summed E-state index contributed by atoms with van der Waals surface area (Å²) in [6.07, 6.45) is 0. The van der Waals surface area contributed by atoms with Crippen LogP contribution in [0.25, 0.3) is 0 Å². The number of anilines is 1. The van der Waals surface area contributed by atoms with Crippen molar-refractivity contribution in [2.75, 3.05) is 32.5 Å². The highest BCUT2D eigenvalue weighted by atomic mass is 16.5. The van der Waals surface area contributed by atoms with Crippen molar-refractivity contribution in [3.63, 3.8) is 0 Å². The number of methoxy groups -OCH3 is 2.